The third-order valence-electron chi connectivity index (χ3n) is 9.13. The van der Waals surface area contributed by atoms with Gasteiger partial charge in [0, 0.05) is 23.0 Å². The molecule has 0 fully saturated rings. The number of para-hydroxylation sites is 1. The zero-order valence-electron chi connectivity index (χ0n) is 28.1. The smallest absolute Gasteiger partial charge is 0.146 e. The Hall–Kier alpha value is -6.46. The molecule has 0 aliphatic heterocycles. The maximum absolute atomic E-state index is 5.99. The minimum absolute atomic E-state index is 0.111. The van der Waals surface area contributed by atoms with Crippen molar-refractivity contribution in [2.45, 2.75) is 25.6 Å². The van der Waals surface area contributed by atoms with E-state index in [1.165, 1.54) is 27.5 Å². The maximum atomic E-state index is 5.99. The highest BCUT2D eigenvalue weighted by Crippen LogP contribution is 2.37. The first kappa shape index (κ1) is 31.8. The van der Waals surface area contributed by atoms with Crippen molar-refractivity contribution in [3.63, 3.8) is 0 Å². The van der Waals surface area contributed by atoms with Gasteiger partial charge in [-0.05, 0) is 119 Å². The lowest BCUT2D eigenvalue weighted by molar-refractivity contribution is 0.270. The summed E-state index contributed by atoms with van der Waals surface area (Å²) in [4.78, 5) is 2.32. The Balaban J connectivity index is 1.07. The van der Waals surface area contributed by atoms with Crippen molar-refractivity contribution in [3.05, 3.63) is 211 Å². The van der Waals surface area contributed by atoms with Gasteiger partial charge in [-0.15, -0.1) is 0 Å². The van der Waals surface area contributed by atoms with Gasteiger partial charge in [0.2, 0.25) is 0 Å². The molecule has 8 aromatic rings. The molecule has 0 saturated heterocycles. The largest absolute Gasteiger partial charge is 0.486 e. The van der Waals surface area contributed by atoms with Gasteiger partial charge in [0.05, 0.1) is 12.5 Å². The minimum atomic E-state index is 0.111. The van der Waals surface area contributed by atoms with Crippen LogP contribution in [0.5, 0.6) is 11.5 Å². The van der Waals surface area contributed by atoms with Crippen LogP contribution in [0.15, 0.2) is 191 Å². The van der Waals surface area contributed by atoms with Crippen LogP contribution in [-0.2, 0) is 19.6 Å². The van der Waals surface area contributed by atoms with Crippen molar-refractivity contribution in [2.75, 3.05) is 4.90 Å². The molecule has 0 saturated carbocycles. The molecule has 8 rings (SSSR count). The van der Waals surface area contributed by atoms with E-state index in [9.17, 15) is 0 Å². The lowest BCUT2D eigenvalue weighted by Crippen LogP contribution is -2.10. The van der Waals surface area contributed by atoms with Gasteiger partial charge in [0.25, 0.3) is 0 Å². The Bertz CT molecular complexity index is 2180. The number of anilines is 3. The van der Waals surface area contributed by atoms with Crippen LogP contribution < -0.4 is 14.4 Å². The van der Waals surface area contributed by atoms with Gasteiger partial charge in [-0.3, -0.25) is 0 Å². The number of benzene rings is 6. The molecule has 0 spiro atoms. The molecule has 0 aliphatic rings. The van der Waals surface area contributed by atoms with E-state index in [0.29, 0.717) is 13.2 Å². The Kier molecular flexibility index (Phi) is 9.33. The van der Waals surface area contributed by atoms with Gasteiger partial charge in [0.15, 0.2) is 0 Å². The summed E-state index contributed by atoms with van der Waals surface area (Å²) >= 11 is 0. The van der Waals surface area contributed by atoms with E-state index < -0.39 is 0 Å². The summed E-state index contributed by atoms with van der Waals surface area (Å²) in [6.07, 6.45) is 4.14. The van der Waals surface area contributed by atoms with Crippen LogP contribution in [-0.4, -0.2) is 0 Å². The standard InChI is InChI=1S/C46H37NO4/c1-2-10-39(11-3-1)47(41-23-16-35-8-4-5-9-38(35)31-41)40-21-14-34(15-22-40)30-46(36-17-24-42(25-18-36)50-32-44-12-6-28-48-44)37-19-26-43(27-20-37)51-33-45-13-7-29-49-45/h1-29,31,46H,30,32-33H2. The van der Waals surface area contributed by atoms with Gasteiger partial charge in [-0.1, -0.05) is 84.9 Å². The Morgan fingerprint density at radius 2 is 0.980 bits per heavy atom. The Morgan fingerprint density at radius 3 is 1.55 bits per heavy atom. The molecular weight excluding hydrogens is 631 g/mol. The van der Waals surface area contributed by atoms with Crippen LogP contribution in [0, 0.1) is 0 Å². The molecule has 0 N–H and O–H groups in total. The monoisotopic (exact) mass is 667 g/mol. The first-order valence-corrected chi connectivity index (χ1v) is 17.2. The molecule has 5 nitrogen and oxygen atoms in total. The van der Waals surface area contributed by atoms with Gasteiger partial charge in [-0.2, -0.15) is 0 Å². The second-order valence-corrected chi connectivity index (χ2v) is 12.5. The summed E-state index contributed by atoms with van der Waals surface area (Å²) in [7, 11) is 0. The van der Waals surface area contributed by atoms with E-state index in [2.05, 4.69) is 126 Å². The van der Waals surface area contributed by atoms with Crippen LogP contribution in [0.1, 0.15) is 34.1 Å². The number of furan rings is 2. The maximum Gasteiger partial charge on any atom is 0.146 e. The molecule has 0 bridgehead atoms. The number of fused-ring (bicyclic) bond motifs is 1. The highest BCUT2D eigenvalue weighted by atomic mass is 16.5. The number of rotatable bonds is 13. The van der Waals surface area contributed by atoms with Crippen molar-refractivity contribution >= 4 is 27.8 Å². The van der Waals surface area contributed by atoms with Gasteiger partial charge in [0.1, 0.15) is 36.2 Å². The van der Waals surface area contributed by atoms with Crippen LogP contribution in [0.3, 0.4) is 0 Å². The van der Waals surface area contributed by atoms with Crippen LogP contribution in [0.2, 0.25) is 0 Å². The van der Waals surface area contributed by atoms with Crippen molar-refractivity contribution in [1.29, 1.82) is 0 Å². The summed E-state index contributed by atoms with van der Waals surface area (Å²) in [6, 6.07) is 59.0. The SMILES string of the molecule is c1ccc(N(c2ccc(CC(c3ccc(OCc4ccco4)cc3)c3ccc(OCc4ccco4)cc3)cc2)c2ccc3ccccc3c2)cc1. The quantitative estimate of drug-likeness (QED) is 0.122. The molecule has 0 radical (unpaired) electrons. The Labute approximate surface area is 297 Å². The second kappa shape index (κ2) is 15.0. The first-order chi connectivity index (χ1) is 25.2. The predicted octanol–water partition coefficient (Wildman–Crippen LogP) is 12.0. The highest BCUT2D eigenvalue weighted by Gasteiger charge is 2.18. The second-order valence-electron chi connectivity index (χ2n) is 12.5. The van der Waals surface area contributed by atoms with Crippen LogP contribution in [0.4, 0.5) is 17.1 Å². The number of nitrogens with zero attached hydrogens (tertiary/aromatic N) is 1. The van der Waals surface area contributed by atoms with E-state index in [-0.39, 0.29) is 5.92 Å². The molecule has 2 heterocycles. The zero-order valence-corrected chi connectivity index (χ0v) is 28.1. The van der Waals surface area contributed by atoms with Crippen molar-refractivity contribution in [3.8, 4) is 11.5 Å². The summed E-state index contributed by atoms with van der Waals surface area (Å²) in [5.74, 6) is 3.30. The zero-order chi connectivity index (χ0) is 34.2. The third kappa shape index (κ3) is 7.58. The van der Waals surface area contributed by atoms with Gasteiger partial charge >= 0.3 is 0 Å². The van der Waals surface area contributed by atoms with E-state index in [1.807, 2.05) is 48.5 Å². The molecule has 0 atom stereocenters. The minimum Gasteiger partial charge on any atom is -0.486 e. The Morgan fingerprint density at radius 1 is 0.451 bits per heavy atom. The summed E-state index contributed by atoms with van der Waals surface area (Å²) in [6.45, 7) is 0.779. The lowest BCUT2D eigenvalue weighted by Gasteiger charge is -2.26. The normalized spacial score (nSPS) is 11.2. The number of ether oxygens (including phenoxy) is 2. The summed E-state index contributed by atoms with van der Waals surface area (Å²) in [5.41, 5.74) is 6.99. The number of hydrogen-bond acceptors (Lipinski definition) is 5. The predicted molar refractivity (Wildman–Crippen MR) is 203 cm³/mol. The van der Waals surface area contributed by atoms with E-state index in [4.69, 9.17) is 18.3 Å². The van der Waals surface area contributed by atoms with Crippen LogP contribution >= 0.6 is 0 Å². The topological polar surface area (TPSA) is 48.0 Å². The first-order valence-electron chi connectivity index (χ1n) is 17.2. The molecule has 250 valence electrons. The molecule has 51 heavy (non-hydrogen) atoms. The fourth-order valence-corrected chi connectivity index (χ4v) is 6.48. The average Bonchev–Trinajstić information content (AvgIpc) is 3.92. The van der Waals surface area contributed by atoms with Gasteiger partial charge < -0.3 is 23.2 Å². The summed E-state index contributed by atoms with van der Waals surface area (Å²) < 4.78 is 22.9. The van der Waals surface area contributed by atoms with E-state index in [1.54, 1.807) is 12.5 Å². The van der Waals surface area contributed by atoms with Crippen LogP contribution in [0.25, 0.3) is 10.8 Å². The summed E-state index contributed by atoms with van der Waals surface area (Å²) in [5, 5.41) is 2.44. The number of hydrogen-bond donors (Lipinski definition) is 0. The molecule has 0 unspecified atom stereocenters. The van der Waals surface area contributed by atoms with E-state index >= 15 is 0 Å². The van der Waals surface area contributed by atoms with Crippen molar-refractivity contribution in [2.24, 2.45) is 0 Å². The molecule has 2 aromatic heterocycles. The van der Waals surface area contributed by atoms with Crippen molar-refractivity contribution < 1.29 is 18.3 Å². The van der Waals surface area contributed by atoms with E-state index in [0.717, 1.165) is 46.5 Å². The average molecular weight is 668 g/mol. The fourth-order valence-electron chi connectivity index (χ4n) is 6.48. The lowest BCUT2D eigenvalue weighted by atomic mass is 9.86. The van der Waals surface area contributed by atoms with Crippen molar-refractivity contribution in [1.82, 2.24) is 0 Å². The van der Waals surface area contributed by atoms with Gasteiger partial charge in [-0.25, -0.2) is 0 Å². The molecule has 0 aliphatic carbocycles. The molecule has 5 heteroatoms. The molecular formula is C46H37NO4. The third-order valence-corrected chi connectivity index (χ3v) is 9.13. The fraction of sp³-hybridized carbons (Fsp3) is 0.0870. The molecule has 0 amide bonds. The highest BCUT2D eigenvalue weighted by molar-refractivity contribution is 5.89. The molecule has 6 aromatic carbocycles.